The zero-order valence-electron chi connectivity index (χ0n) is 13.9. The Bertz CT molecular complexity index is 605. The van der Waals surface area contributed by atoms with Gasteiger partial charge in [0.15, 0.2) is 0 Å². The Morgan fingerprint density at radius 1 is 1.30 bits per heavy atom. The minimum absolute atomic E-state index is 0.376. The lowest BCUT2D eigenvalue weighted by molar-refractivity contribution is 0.127. The van der Waals surface area contributed by atoms with E-state index in [1.54, 1.807) is 7.11 Å². The smallest absolute Gasteiger partial charge is 0.106 e. The van der Waals surface area contributed by atoms with Crippen LogP contribution in [-0.4, -0.2) is 36.9 Å². The number of halogens is 2. The van der Waals surface area contributed by atoms with Gasteiger partial charge in [0.1, 0.15) is 7.11 Å². The second-order valence-electron chi connectivity index (χ2n) is 6.62. The molecule has 0 spiro atoms. The third kappa shape index (κ3) is 3.11. The molecule has 0 N–H and O–H groups in total. The highest BCUT2D eigenvalue weighted by molar-refractivity contribution is 6.42. The van der Waals surface area contributed by atoms with E-state index in [-0.39, 0.29) is 0 Å². The third-order valence-corrected chi connectivity index (χ3v) is 6.34. The molecular formula is C18H24Cl2N2O. The largest absolute Gasteiger partial charge is 0.399 e. The monoisotopic (exact) mass is 354 g/mol. The Hall–Kier alpha value is -0.770. The van der Waals surface area contributed by atoms with Crippen molar-refractivity contribution in [2.75, 3.05) is 14.2 Å². The van der Waals surface area contributed by atoms with Gasteiger partial charge < -0.3 is 4.84 Å². The van der Waals surface area contributed by atoms with Crippen molar-refractivity contribution in [3.8, 4) is 0 Å². The van der Waals surface area contributed by atoms with Gasteiger partial charge in [0.05, 0.1) is 15.8 Å². The fourth-order valence-corrected chi connectivity index (χ4v) is 4.79. The normalized spacial score (nSPS) is 31.4. The molecule has 1 aromatic carbocycles. The quantitative estimate of drug-likeness (QED) is 0.563. The van der Waals surface area contributed by atoms with Crippen LogP contribution in [0.2, 0.25) is 10.0 Å². The molecule has 3 rings (SSSR count). The predicted octanol–water partition coefficient (Wildman–Crippen LogP) is 4.97. The van der Waals surface area contributed by atoms with Gasteiger partial charge >= 0.3 is 0 Å². The molecule has 2 aliphatic rings. The minimum atomic E-state index is 0.376. The molecule has 1 unspecified atom stereocenters. The summed E-state index contributed by atoms with van der Waals surface area (Å²) in [7, 11) is 3.88. The number of piperidine rings is 1. The summed E-state index contributed by atoms with van der Waals surface area (Å²) in [6.07, 6.45) is 4.54. The molecule has 0 amide bonds. The van der Waals surface area contributed by atoms with E-state index in [4.69, 9.17) is 28.0 Å². The Labute approximate surface area is 148 Å². The molecule has 5 heteroatoms. The summed E-state index contributed by atoms with van der Waals surface area (Å²) in [5.41, 5.74) is 2.42. The standard InChI is InChI=1S/C18H24Cl2N2O/c1-4-16(21-23-3)18-13(10-12-6-8-17(18)22(12)2)11-5-7-14(19)15(20)9-11/h5,7,9,12-13,17-18H,4,6,8,10H2,1-3H3/t12?,13-,17-,18+/m0/s1. The highest BCUT2D eigenvalue weighted by Gasteiger charge is 2.47. The van der Waals surface area contributed by atoms with Crippen molar-refractivity contribution in [1.29, 1.82) is 0 Å². The highest BCUT2D eigenvalue weighted by Crippen LogP contribution is 2.47. The zero-order valence-corrected chi connectivity index (χ0v) is 15.4. The van der Waals surface area contributed by atoms with Gasteiger partial charge in [-0.1, -0.05) is 41.3 Å². The zero-order chi connectivity index (χ0) is 16.6. The molecule has 0 saturated carbocycles. The lowest BCUT2D eigenvalue weighted by Crippen LogP contribution is -2.48. The van der Waals surface area contributed by atoms with Crippen molar-refractivity contribution in [3.05, 3.63) is 33.8 Å². The first-order valence-electron chi connectivity index (χ1n) is 8.33. The van der Waals surface area contributed by atoms with Gasteiger partial charge in [-0.2, -0.15) is 0 Å². The van der Waals surface area contributed by atoms with Gasteiger partial charge in [0.25, 0.3) is 0 Å². The number of hydrogen-bond acceptors (Lipinski definition) is 3. The van der Waals surface area contributed by atoms with Gasteiger partial charge in [-0.05, 0) is 56.3 Å². The molecule has 1 aromatic rings. The van der Waals surface area contributed by atoms with Crippen LogP contribution in [0.25, 0.3) is 0 Å². The molecule has 2 saturated heterocycles. The first-order valence-corrected chi connectivity index (χ1v) is 9.09. The summed E-state index contributed by atoms with van der Waals surface area (Å²) >= 11 is 12.4. The van der Waals surface area contributed by atoms with Gasteiger partial charge in [0.2, 0.25) is 0 Å². The van der Waals surface area contributed by atoms with Crippen LogP contribution in [0.5, 0.6) is 0 Å². The molecule has 0 aliphatic carbocycles. The van der Waals surface area contributed by atoms with Crippen molar-refractivity contribution in [2.45, 2.75) is 50.6 Å². The number of nitrogens with zero attached hydrogens (tertiary/aromatic N) is 2. The van der Waals surface area contributed by atoms with E-state index in [2.05, 4.69) is 30.1 Å². The lowest BCUT2D eigenvalue weighted by Gasteiger charge is -2.43. The maximum Gasteiger partial charge on any atom is 0.106 e. The van der Waals surface area contributed by atoms with E-state index in [1.807, 2.05) is 12.1 Å². The number of fused-ring (bicyclic) bond motifs is 2. The van der Waals surface area contributed by atoms with Crippen molar-refractivity contribution in [3.63, 3.8) is 0 Å². The number of benzene rings is 1. The molecule has 0 radical (unpaired) electrons. The molecular weight excluding hydrogens is 331 g/mol. The SMILES string of the molecule is CCC(=NOC)[C@H]1[C@H](c2ccc(Cl)c(Cl)c2)CC2CC[C@@H]1N2C. The van der Waals surface area contributed by atoms with Crippen LogP contribution in [0, 0.1) is 5.92 Å². The van der Waals surface area contributed by atoms with Crippen molar-refractivity contribution in [2.24, 2.45) is 11.1 Å². The van der Waals surface area contributed by atoms with Crippen molar-refractivity contribution < 1.29 is 4.84 Å². The fourth-order valence-electron chi connectivity index (χ4n) is 4.49. The summed E-state index contributed by atoms with van der Waals surface area (Å²) in [5, 5.41) is 5.61. The van der Waals surface area contributed by atoms with Gasteiger partial charge in [0, 0.05) is 18.0 Å². The maximum atomic E-state index is 6.28. The Morgan fingerprint density at radius 2 is 2.09 bits per heavy atom. The Morgan fingerprint density at radius 3 is 2.74 bits per heavy atom. The van der Waals surface area contributed by atoms with Gasteiger partial charge in [-0.3, -0.25) is 4.90 Å². The summed E-state index contributed by atoms with van der Waals surface area (Å²) in [4.78, 5) is 7.68. The molecule has 126 valence electrons. The second kappa shape index (κ2) is 7.00. The van der Waals surface area contributed by atoms with E-state index < -0.39 is 0 Å². The van der Waals surface area contributed by atoms with Crippen LogP contribution < -0.4 is 0 Å². The molecule has 2 bridgehead atoms. The predicted molar refractivity (Wildman–Crippen MR) is 96.6 cm³/mol. The minimum Gasteiger partial charge on any atom is -0.399 e. The van der Waals surface area contributed by atoms with Crippen LogP contribution in [0.1, 0.15) is 44.1 Å². The average Bonchev–Trinajstić information content (AvgIpc) is 2.78. The molecule has 3 nitrogen and oxygen atoms in total. The van der Waals surface area contributed by atoms with Crippen LogP contribution >= 0.6 is 23.2 Å². The summed E-state index contributed by atoms with van der Waals surface area (Å²) < 4.78 is 0. The van der Waals surface area contributed by atoms with E-state index >= 15 is 0 Å². The van der Waals surface area contributed by atoms with E-state index in [9.17, 15) is 0 Å². The number of oxime groups is 1. The lowest BCUT2D eigenvalue weighted by atomic mass is 9.73. The van der Waals surface area contributed by atoms with Crippen molar-refractivity contribution >= 4 is 28.9 Å². The molecule has 2 fully saturated rings. The second-order valence-corrected chi connectivity index (χ2v) is 7.44. The van der Waals surface area contributed by atoms with E-state index in [0.717, 1.165) is 18.6 Å². The first kappa shape index (κ1) is 17.1. The van der Waals surface area contributed by atoms with Gasteiger partial charge in [-0.15, -0.1) is 0 Å². The Kier molecular flexibility index (Phi) is 5.19. The molecule has 0 aromatic heterocycles. The van der Waals surface area contributed by atoms with Crippen molar-refractivity contribution in [1.82, 2.24) is 4.90 Å². The van der Waals surface area contributed by atoms with Gasteiger partial charge in [-0.25, -0.2) is 0 Å². The van der Waals surface area contributed by atoms with Crippen LogP contribution in [0.4, 0.5) is 0 Å². The number of rotatable bonds is 4. The maximum absolute atomic E-state index is 6.28. The fraction of sp³-hybridized carbons (Fsp3) is 0.611. The topological polar surface area (TPSA) is 24.8 Å². The summed E-state index contributed by atoms with van der Waals surface area (Å²) in [5.74, 6) is 0.799. The molecule has 2 heterocycles. The summed E-state index contributed by atoms with van der Waals surface area (Å²) in [6.45, 7) is 2.16. The molecule has 4 atom stereocenters. The van der Waals surface area contributed by atoms with E-state index in [1.165, 1.54) is 18.4 Å². The molecule has 23 heavy (non-hydrogen) atoms. The van der Waals surface area contributed by atoms with Crippen LogP contribution in [0.3, 0.4) is 0 Å². The van der Waals surface area contributed by atoms with Crippen LogP contribution in [-0.2, 0) is 4.84 Å². The highest BCUT2D eigenvalue weighted by atomic mass is 35.5. The van der Waals surface area contributed by atoms with Crippen LogP contribution in [0.15, 0.2) is 23.4 Å². The first-order chi connectivity index (χ1) is 11.1. The van der Waals surface area contributed by atoms with E-state index in [0.29, 0.717) is 34.0 Å². The third-order valence-electron chi connectivity index (χ3n) is 5.60. The average molecular weight is 355 g/mol. The Balaban J connectivity index is 2.01. The number of hydrogen-bond donors (Lipinski definition) is 0. The molecule has 2 aliphatic heterocycles. The summed E-state index contributed by atoms with van der Waals surface area (Å²) in [6, 6.07) is 7.25.